The Hall–Kier alpha value is -1.69. The van der Waals surface area contributed by atoms with Crippen LogP contribution in [0.3, 0.4) is 0 Å². The van der Waals surface area contributed by atoms with E-state index < -0.39 is 0 Å². The van der Waals surface area contributed by atoms with Gasteiger partial charge in [0.05, 0.1) is 18.2 Å². The van der Waals surface area contributed by atoms with Crippen LogP contribution in [0.2, 0.25) is 0 Å². The molecule has 0 bridgehead atoms. The fourth-order valence-electron chi connectivity index (χ4n) is 2.30. The monoisotopic (exact) mass is 290 g/mol. The summed E-state index contributed by atoms with van der Waals surface area (Å²) in [6.45, 7) is 2.05. The molecule has 2 aromatic rings. The molecule has 1 saturated carbocycles. The average Bonchev–Trinajstić information content (AvgIpc) is 2.97. The summed E-state index contributed by atoms with van der Waals surface area (Å²) in [6.07, 6.45) is 6.62. The highest BCUT2D eigenvalue weighted by molar-refractivity contribution is 7.13. The second kappa shape index (κ2) is 5.75. The van der Waals surface area contributed by atoms with Crippen molar-refractivity contribution in [3.05, 3.63) is 29.0 Å². The van der Waals surface area contributed by atoms with E-state index in [-0.39, 0.29) is 5.91 Å². The van der Waals surface area contributed by atoms with Crippen LogP contribution in [0.1, 0.15) is 43.6 Å². The van der Waals surface area contributed by atoms with E-state index in [1.165, 1.54) is 30.6 Å². The van der Waals surface area contributed by atoms with E-state index in [0.717, 1.165) is 17.8 Å². The molecule has 1 aliphatic carbocycles. The molecular weight excluding hydrogens is 272 g/mol. The quantitative estimate of drug-likeness (QED) is 0.921. The van der Waals surface area contributed by atoms with Crippen LogP contribution in [0.4, 0.5) is 5.13 Å². The lowest BCUT2D eigenvalue weighted by Crippen LogP contribution is -2.23. The first-order chi connectivity index (χ1) is 9.76. The van der Waals surface area contributed by atoms with Crippen molar-refractivity contribution in [1.82, 2.24) is 14.8 Å². The molecule has 1 N–H and O–H groups in total. The molecule has 2 aromatic heterocycles. The molecule has 1 amide bonds. The van der Waals surface area contributed by atoms with E-state index in [2.05, 4.69) is 22.3 Å². The van der Waals surface area contributed by atoms with Crippen molar-refractivity contribution < 1.29 is 4.79 Å². The van der Waals surface area contributed by atoms with Gasteiger partial charge < -0.3 is 5.32 Å². The molecule has 3 rings (SSSR count). The van der Waals surface area contributed by atoms with Gasteiger partial charge in [-0.1, -0.05) is 6.92 Å². The van der Waals surface area contributed by atoms with Crippen LogP contribution in [0.5, 0.6) is 0 Å². The number of nitrogens with one attached hydrogen (secondary N) is 1. The maximum absolute atomic E-state index is 12.1. The number of nitrogens with zero attached hydrogens (tertiary/aromatic N) is 3. The van der Waals surface area contributed by atoms with Gasteiger partial charge in [0, 0.05) is 17.3 Å². The van der Waals surface area contributed by atoms with E-state index >= 15 is 0 Å². The summed E-state index contributed by atoms with van der Waals surface area (Å²) < 4.78 is 2.00. The summed E-state index contributed by atoms with van der Waals surface area (Å²) in [6, 6.07) is 2.41. The Morgan fingerprint density at radius 1 is 1.55 bits per heavy atom. The Labute approximate surface area is 122 Å². The predicted octanol–water partition coefficient (Wildman–Crippen LogP) is 2.81. The summed E-state index contributed by atoms with van der Waals surface area (Å²) in [5, 5.41) is 9.87. The Morgan fingerprint density at radius 3 is 3.05 bits per heavy atom. The van der Waals surface area contributed by atoms with E-state index in [1.807, 2.05) is 16.1 Å². The Morgan fingerprint density at radius 2 is 2.40 bits per heavy atom. The van der Waals surface area contributed by atoms with Gasteiger partial charge in [-0.3, -0.25) is 9.48 Å². The second-order valence-corrected chi connectivity index (χ2v) is 5.93. The molecule has 0 spiro atoms. The van der Waals surface area contributed by atoms with E-state index in [9.17, 15) is 4.79 Å². The van der Waals surface area contributed by atoms with Crippen molar-refractivity contribution in [3.8, 4) is 0 Å². The van der Waals surface area contributed by atoms with Gasteiger partial charge in [0.1, 0.15) is 0 Å². The van der Waals surface area contributed by atoms with Crippen molar-refractivity contribution in [2.24, 2.45) is 0 Å². The zero-order chi connectivity index (χ0) is 13.9. The van der Waals surface area contributed by atoms with Crippen LogP contribution < -0.4 is 5.32 Å². The van der Waals surface area contributed by atoms with Crippen molar-refractivity contribution in [2.75, 3.05) is 5.32 Å². The summed E-state index contributed by atoms with van der Waals surface area (Å²) in [7, 11) is 0. The summed E-state index contributed by atoms with van der Waals surface area (Å²) in [4.78, 5) is 16.4. The van der Waals surface area contributed by atoms with Gasteiger partial charge in [-0.2, -0.15) is 5.10 Å². The average molecular weight is 290 g/mol. The van der Waals surface area contributed by atoms with Crippen LogP contribution in [0, 0.1) is 0 Å². The molecule has 20 heavy (non-hydrogen) atoms. The predicted molar refractivity (Wildman–Crippen MR) is 78.9 cm³/mol. The lowest BCUT2D eigenvalue weighted by atomic mass is 9.93. The minimum absolute atomic E-state index is 0.0249. The minimum atomic E-state index is -0.0249. The highest BCUT2D eigenvalue weighted by atomic mass is 32.1. The van der Waals surface area contributed by atoms with Crippen LogP contribution in [-0.2, 0) is 17.6 Å². The standard InChI is InChI=1S/C14H18N4OS/c1-2-10-9-20-14(16-10)17-13(19)8-12-6-7-15-18(12)11-4-3-5-11/h6-7,9,11H,2-5,8H2,1H3,(H,16,17,19). The van der Waals surface area contributed by atoms with E-state index in [1.54, 1.807) is 6.20 Å². The first kappa shape index (κ1) is 13.3. The zero-order valence-corrected chi connectivity index (χ0v) is 12.3. The van der Waals surface area contributed by atoms with E-state index in [0.29, 0.717) is 17.6 Å². The number of carbonyl (C=O) groups is 1. The topological polar surface area (TPSA) is 59.8 Å². The van der Waals surface area contributed by atoms with Crippen molar-refractivity contribution >= 4 is 22.4 Å². The third-order valence-corrected chi connectivity index (χ3v) is 4.48. The maximum atomic E-state index is 12.1. The van der Waals surface area contributed by atoms with E-state index in [4.69, 9.17) is 0 Å². The van der Waals surface area contributed by atoms with Crippen molar-refractivity contribution in [1.29, 1.82) is 0 Å². The SMILES string of the molecule is CCc1csc(NC(=O)Cc2ccnn2C2CCC2)n1. The third-order valence-electron chi connectivity index (χ3n) is 3.67. The van der Waals surface area contributed by atoms with Crippen LogP contribution >= 0.6 is 11.3 Å². The highest BCUT2D eigenvalue weighted by Gasteiger charge is 2.22. The fraction of sp³-hybridized carbons (Fsp3) is 0.500. The molecule has 0 aromatic carbocycles. The Balaban J connectivity index is 1.62. The second-order valence-electron chi connectivity index (χ2n) is 5.07. The van der Waals surface area contributed by atoms with Crippen LogP contribution in [-0.4, -0.2) is 20.7 Å². The molecule has 0 atom stereocenters. The first-order valence-electron chi connectivity index (χ1n) is 7.03. The van der Waals surface area contributed by atoms with Gasteiger partial charge in [-0.15, -0.1) is 11.3 Å². The molecule has 6 heteroatoms. The molecule has 1 fully saturated rings. The molecule has 1 aliphatic rings. The largest absolute Gasteiger partial charge is 0.302 e. The molecular formula is C14H18N4OS. The lowest BCUT2D eigenvalue weighted by Gasteiger charge is -2.27. The van der Waals surface area contributed by atoms with Gasteiger partial charge in [0.2, 0.25) is 5.91 Å². The lowest BCUT2D eigenvalue weighted by molar-refractivity contribution is -0.115. The molecule has 106 valence electrons. The van der Waals surface area contributed by atoms with Gasteiger partial charge in [0.15, 0.2) is 5.13 Å². The van der Waals surface area contributed by atoms with Gasteiger partial charge in [0.25, 0.3) is 0 Å². The van der Waals surface area contributed by atoms with Gasteiger partial charge in [-0.25, -0.2) is 4.98 Å². The van der Waals surface area contributed by atoms with Crippen LogP contribution in [0.25, 0.3) is 0 Å². The molecule has 2 heterocycles. The maximum Gasteiger partial charge on any atom is 0.232 e. The van der Waals surface area contributed by atoms with Crippen LogP contribution in [0.15, 0.2) is 17.6 Å². The molecule has 0 radical (unpaired) electrons. The Bertz CT molecular complexity index is 600. The summed E-state index contributed by atoms with van der Waals surface area (Å²) in [5.74, 6) is -0.0249. The summed E-state index contributed by atoms with van der Waals surface area (Å²) in [5.41, 5.74) is 2.00. The zero-order valence-electron chi connectivity index (χ0n) is 11.5. The highest BCUT2D eigenvalue weighted by Crippen LogP contribution is 2.31. The molecule has 0 unspecified atom stereocenters. The normalized spacial score (nSPS) is 15.1. The number of thiazole rings is 1. The van der Waals surface area contributed by atoms with Gasteiger partial charge >= 0.3 is 0 Å². The number of aromatic nitrogens is 3. The Kier molecular flexibility index (Phi) is 3.82. The number of amides is 1. The minimum Gasteiger partial charge on any atom is -0.302 e. The van der Waals surface area contributed by atoms with Crippen molar-refractivity contribution in [2.45, 2.75) is 45.1 Å². The third kappa shape index (κ3) is 2.75. The number of anilines is 1. The molecule has 0 aliphatic heterocycles. The number of rotatable bonds is 5. The first-order valence-corrected chi connectivity index (χ1v) is 7.91. The summed E-state index contributed by atoms with van der Waals surface area (Å²) >= 11 is 1.48. The van der Waals surface area contributed by atoms with Gasteiger partial charge in [-0.05, 0) is 31.7 Å². The number of hydrogen-bond donors (Lipinski definition) is 1. The molecule has 0 saturated heterocycles. The fourth-order valence-corrected chi connectivity index (χ4v) is 3.11. The number of carbonyl (C=O) groups excluding carboxylic acids is 1. The smallest absolute Gasteiger partial charge is 0.232 e. The van der Waals surface area contributed by atoms with Crippen molar-refractivity contribution in [3.63, 3.8) is 0 Å². The number of aryl methyl sites for hydroxylation is 1. The number of hydrogen-bond acceptors (Lipinski definition) is 4. The molecule has 5 nitrogen and oxygen atoms in total.